The van der Waals surface area contributed by atoms with E-state index in [4.69, 9.17) is 0 Å². The van der Waals surface area contributed by atoms with Crippen LogP contribution in [0.25, 0.3) is 0 Å². The zero-order valence-corrected chi connectivity index (χ0v) is 18.8. The summed E-state index contributed by atoms with van der Waals surface area (Å²) in [7, 11) is -9.73. The molecule has 18 heteroatoms. The van der Waals surface area contributed by atoms with Gasteiger partial charge in [-0.25, -0.2) is 18.5 Å². The molecule has 1 fully saturated rings. The Morgan fingerprint density at radius 2 is 0.875 bits per heavy atom. The van der Waals surface area contributed by atoms with Crippen LogP contribution in [0.15, 0.2) is 0 Å². The molecule has 1 heterocycles. The van der Waals surface area contributed by atoms with E-state index in [2.05, 4.69) is 0 Å². The molecule has 1 aliphatic rings. The highest BCUT2D eigenvalue weighted by Gasteiger charge is 2.35. The van der Waals surface area contributed by atoms with Crippen molar-refractivity contribution in [3.05, 3.63) is 0 Å². The lowest BCUT2D eigenvalue weighted by Crippen LogP contribution is -2.43. The zero-order valence-electron chi connectivity index (χ0n) is 17.0. The van der Waals surface area contributed by atoms with Gasteiger partial charge < -0.3 is 19.6 Å². The van der Waals surface area contributed by atoms with E-state index < -0.39 is 67.1 Å². The summed E-state index contributed by atoms with van der Waals surface area (Å²) in [5.41, 5.74) is 0. The first-order chi connectivity index (χ1) is 14.4. The third kappa shape index (κ3) is 12.8. The average Bonchev–Trinajstić information content (AvgIpc) is 2.54. The normalized spacial score (nSPS) is 22.1. The lowest BCUT2D eigenvalue weighted by Gasteiger charge is -2.32. The summed E-state index contributed by atoms with van der Waals surface area (Å²) in [6.07, 6.45) is -9.54. The van der Waals surface area contributed by atoms with E-state index in [0.29, 0.717) is 9.34 Å². The number of rotatable bonds is 4. The molecule has 1 saturated heterocycles. The molecular formula is C14H28F6N4O6P2. The molecule has 0 radical (unpaired) electrons. The molecule has 0 saturated carbocycles. The molecular weight excluding hydrogens is 496 g/mol. The Bertz CT molecular complexity index is 617. The smallest absolute Gasteiger partial charge is 0.312 e. The molecule has 0 amide bonds. The van der Waals surface area contributed by atoms with Crippen molar-refractivity contribution in [2.75, 3.05) is 65.4 Å². The molecule has 0 aromatic rings. The monoisotopic (exact) mass is 524 g/mol. The van der Waals surface area contributed by atoms with E-state index in [-0.39, 0.29) is 39.0 Å². The van der Waals surface area contributed by atoms with Crippen LogP contribution >= 0.6 is 15.5 Å². The molecule has 10 nitrogen and oxygen atoms in total. The Morgan fingerprint density at radius 3 is 1.12 bits per heavy atom. The highest BCUT2D eigenvalue weighted by molar-refractivity contribution is 7.49. The van der Waals surface area contributed by atoms with Crippen LogP contribution in [0.4, 0.5) is 26.3 Å². The van der Waals surface area contributed by atoms with Crippen LogP contribution in [0.2, 0.25) is 0 Å². The fourth-order valence-electron chi connectivity index (χ4n) is 3.26. The SMILES string of the molecule is O=P(O)(O)N1CCCN(CC(F)(F)F)CCN(P(=O)(O)O)CCCN(CC(F)(F)F)CC1. The number of alkyl halides is 6. The second kappa shape index (κ2) is 11.9. The van der Waals surface area contributed by atoms with Gasteiger partial charge in [-0.05, 0) is 25.9 Å². The van der Waals surface area contributed by atoms with Gasteiger partial charge in [0, 0.05) is 39.3 Å². The maximum Gasteiger partial charge on any atom is 0.403 e. The van der Waals surface area contributed by atoms with Crippen molar-refractivity contribution in [1.82, 2.24) is 19.1 Å². The van der Waals surface area contributed by atoms with Crippen LogP contribution in [0.5, 0.6) is 0 Å². The number of nitrogens with zero attached hydrogens (tertiary/aromatic N) is 4. The van der Waals surface area contributed by atoms with Gasteiger partial charge in [-0.3, -0.25) is 9.80 Å². The van der Waals surface area contributed by atoms with Crippen molar-refractivity contribution >= 4 is 15.5 Å². The van der Waals surface area contributed by atoms with E-state index in [0.717, 1.165) is 9.80 Å². The van der Waals surface area contributed by atoms with Crippen LogP contribution in [0.3, 0.4) is 0 Å². The maximum atomic E-state index is 12.9. The van der Waals surface area contributed by atoms with Gasteiger partial charge in [0.05, 0.1) is 13.1 Å². The van der Waals surface area contributed by atoms with E-state index >= 15 is 0 Å². The van der Waals surface area contributed by atoms with Crippen LogP contribution in [-0.4, -0.2) is 117 Å². The largest absolute Gasteiger partial charge is 0.403 e. The van der Waals surface area contributed by atoms with Crippen molar-refractivity contribution in [2.24, 2.45) is 0 Å². The molecule has 0 aromatic heterocycles. The predicted molar refractivity (Wildman–Crippen MR) is 101 cm³/mol. The Labute approximate surface area is 181 Å². The standard InChI is InChI=1S/C14H28F6N4O6P2/c15-13(16,17)11-21-3-1-5-23(31(25,26)27)9-8-22(12-14(18,19)20)4-2-6-24(10-7-21)32(28,29)30/h1-12H2,(H2,25,26,27)(H2,28,29,30). The van der Waals surface area contributed by atoms with Gasteiger partial charge in [0.25, 0.3) is 0 Å². The van der Waals surface area contributed by atoms with Crippen molar-refractivity contribution in [3.63, 3.8) is 0 Å². The molecule has 0 unspecified atom stereocenters. The number of hydrogen-bond donors (Lipinski definition) is 4. The number of halogens is 6. The molecule has 0 aliphatic carbocycles. The van der Waals surface area contributed by atoms with Gasteiger partial charge in [-0.1, -0.05) is 0 Å². The molecule has 32 heavy (non-hydrogen) atoms. The Kier molecular flexibility index (Phi) is 11.1. The van der Waals surface area contributed by atoms with Crippen LogP contribution in [0, 0.1) is 0 Å². The minimum atomic E-state index is -4.86. The summed E-state index contributed by atoms with van der Waals surface area (Å²) in [6.45, 7) is -5.88. The fourth-order valence-corrected chi connectivity index (χ4v) is 4.76. The molecule has 1 aliphatic heterocycles. The fraction of sp³-hybridized carbons (Fsp3) is 1.00. The lowest BCUT2D eigenvalue weighted by atomic mass is 10.3. The Balaban J connectivity index is 3.06. The van der Waals surface area contributed by atoms with E-state index in [1.165, 1.54) is 0 Å². The molecule has 0 bridgehead atoms. The van der Waals surface area contributed by atoms with Gasteiger partial charge in [0.1, 0.15) is 0 Å². The maximum absolute atomic E-state index is 12.9. The summed E-state index contributed by atoms with van der Waals surface area (Å²) in [5.74, 6) is 0. The summed E-state index contributed by atoms with van der Waals surface area (Å²) in [5, 5.41) is 0. The molecule has 0 spiro atoms. The molecule has 0 aromatic carbocycles. The van der Waals surface area contributed by atoms with Crippen LogP contribution in [0.1, 0.15) is 12.8 Å². The first-order valence-corrected chi connectivity index (χ1v) is 12.7. The topological polar surface area (TPSA) is 128 Å². The highest BCUT2D eigenvalue weighted by atomic mass is 31.2. The van der Waals surface area contributed by atoms with Crippen molar-refractivity contribution in [3.8, 4) is 0 Å². The minimum absolute atomic E-state index is 0.156. The summed E-state index contributed by atoms with van der Waals surface area (Å²) in [6, 6.07) is 0. The first kappa shape index (κ1) is 29.8. The molecule has 4 N–H and O–H groups in total. The second-order valence-corrected chi connectivity index (χ2v) is 10.6. The third-order valence-electron chi connectivity index (χ3n) is 4.67. The van der Waals surface area contributed by atoms with E-state index in [1.54, 1.807) is 0 Å². The highest BCUT2D eigenvalue weighted by Crippen LogP contribution is 2.41. The van der Waals surface area contributed by atoms with Gasteiger partial charge in [0.2, 0.25) is 0 Å². The zero-order chi connectivity index (χ0) is 24.8. The quantitative estimate of drug-likeness (QED) is 0.316. The van der Waals surface area contributed by atoms with E-state index in [1.807, 2.05) is 0 Å². The average molecular weight is 524 g/mol. The van der Waals surface area contributed by atoms with E-state index in [9.17, 15) is 55.0 Å². The van der Waals surface area contributed by atoms with Crippen molar-refractivity contribution in [2.45, 2.75) is 25.2 Å². The Hall–Kier alpha value is -0.280. The van der Waals surface area contributed by atoms with Crippen LogP contribution < -0.4 is 0 Å². The summed E-state index contributed by atoms with van der Waals surface area (Å²) < 4.78 is 102. The molecule has 192 valence electrons. The lowest BCUT2D eigenvalue weighted by molar-refractivity contribution is -0.148. The van der Waals surface area contributed by atoms with Crippen molar-refractivity contribution in [1.29, 1.82) is 0 Å². The predicted octanol–water partition coefficient (Wildman–Crippen LogP) is 1.30. The van der Waals surface area contributed by atoms with Gasteiger partial charge in [0.15, 0.2) is 0 Å². The van der Waals surface area contributed by atoms with Crippen LogP contribution in [-0.2, 0) is 9.13 Å². The second-order valence-electron chi connectivity index (χ2n) is 7.42. The Morgan fingerprint density at radius 1 is 0.562 bits per heavy atom. The van der Waals surface area contributed by atoms with Gasteiger partial charge in [-0.15, -0.1) is 0 Å². The molecule has 1 rings (SSSR count). The van der Waals surface area contributed by atoms with Gasteiger partial charge in [-0.2, -0.15) is 26.3 Å². The summed E-state index contributed by atoms with van der Waals surface area (Å²) >= 11 is 0. The summed E-state index contributed by atoms with van der Waals surface area (Å²) in [4.78, 5) is 39.5. The van der Waals surface area contributed by atoms with Crippen molar-refractivity contribution < 1.29 is 55.0 Å². The first-order valence-electron chi connectivity index (χ1n) is 9.57. The van der Waals surface area contributed by atoms with Gasteiger partial charge >= 0.3 is 27.8 Å². The minimum Gasteiger partial charge on any atom is -0.312 e. The number of hydrogen-bond acceptors (Lipinski definition) is 4. The third-order valence-corrected chi connectivity index (χ3v) is 6.95. The molecule has 0 atom stereocenters.